The Labute approximate surface area is 111 Å². The van der Waals surface area contributed by atoms with Crippen LogP contribution in [0.5, 0.6) is 0 Å². The van der Waals surface area contributed by atoms with Gasteiger partial charge in [0.1, 0.15) is 0 Å². The van der Waals surface area contributed by atoms with Crippen molar-refractivity contribution in [1.29, 1.82) is 5.26 Å². The minimum atomic E-state index is -0.343. The summed E-state index contributed by atoms with van der Waals surface area (Å²) in [7, 11) is 0. The van der Waals surface area contributed by atoms with Crippen molar-refractivity contribution in [1.82, 2.24) is 0 Å². The molecule has 0 saturated heterocycles. The number of unbranched alkanes of at least 4 members (excludes halogenated alkanes) is 1. The fraction of sp³-hybridized carbons (Fsp3) is 0.562. The van der Waals surface area contributed by atoms with Crippen molar-refractivity contribution in [3.63, 3.8) is 0 Å². The number of allylic oxidation sites excluding steroid dienone is 5. The zero-order valence-electron chi connectivity index (χ0n) is 12.0. The molecular formula is C16H25NO. The normalized spacial score (nSPS) is 15.4. The molecule has 0 aromatic rings. The molecule has 100 valence electrons. The summed E-state index contributed by atoms with van der Waals surface area (Å²) in [4.78, 5) is 0. The van der Waals surface area contributed by atoms with Crippen molar-refractivity contribution in [3.05, 3.63) is 34.9 Å². The van der Waals surface area contributed by atoms with E-state index in [9.17, 15) is 5.11 Å². The van der Waals surface area contributed by atoms with E-state index < -0.39 is 0 Å². The van der Waals surface area contributed by atoms with E-state index in [1.807, 2.05) is 32.1 Å². The molecule has 1 N–H and O–H groups in total. The second-order valence-electron chi connectivity index (χ2n) is 4.57. The van der Waals surface area contributed by atoms with Crippen molar-refractivity contribution in [2.24, 2.45) is 0 Å². The van der Waals surface area contributed by atoms with Crippen LogP contribution in [-0.4, -0.2) is 11.2 Å². The predicted octanol–water partition coefficient (Wildman–Crippen LogP) is 4.29. The lowest BCUT2D eigenvalue weighted by molar-refractivity contribution is 0.196. The van der Waals surface area contributed by atoms with E-state index in [4.69, 9.17) is 5.26 Å². The lowest BCUT2D eigenvalue weighted by atomic mass is 9.98. The molecule has 0 heterocycles. The van der Waals surface area contributed by atoms with Crippen LogP contribution in [0.15, 0.2) is 34.9 Å². The van der Waals surface area contributed by atoms with Crippen LogP contribution in [-0.2, 0) is 0 Å². The Morgan fingerprint density at radius 3 is 2.44 bits per heavy atom. The highest BCUT2D eigenvalue weighted by molar-refractivity contribution is 5.32. The van der Waals surface area contributed by atoms with Gasteiger partial charge in [-0.1, -0.05) is 38.8 Å². The number of aliphatic hydroxyl groups is 1. The highest BCUT2D eigenvalue weighted by atomic mass is 16.3. The molecule has 0 rings (SSSR count). The summed E-state index contributed by atoms with van der Waals surface area (Å²) in [6.45, 7) is 8.10. The number of nitrogens with zero attached hydrogens (tertiary/aromatic N) is 1. The molecule has 1 unspecified atom stereocenters. The fourth-order valence-electron chi connectivity index (χ4n) is 1.74. The molecule has 0 aliphatic rings. The van der Waals surface area contributed by atoms with Crippen LogP contribution in [0.3, 0.4) is 0 Å². The third kappa shape index (κ3) is 6.42. The summed E-state index contributed by atoms with van der Waals surface area (Å²) >= 11 is 0. The molecular weight excluding hydrogens is 222 g/mol. The van der Waals surface area contributed by atoms with E-state index >= 15 is 0 Å². The first-order valence-electron chi connectivity index (χ1n) is 6.68. The molecule has 0 radical (unpaired) electrons. The zero-order valence-corrected chi connectivity index (χ0v) is 12.0. The van der Waals surface area contributed by atoms with E-state index in [1.165, 1.54) is 6.08 Å². The SMILES string of the molecule is CCCCC(O)/C(C)=C(/C=C/C(C)=C/C#N)CC. The van der Waals surface area contributed by atoms with Gasteiger partial charge in [-0.3, -0.25) is 0 Å². The van der Waals surface area contributed by atoms with E-state index in [-0.39, 0.29) is 6.10 Å². The first-order valence-corrected chi connectivity index (χ1v) is 6.68. The summed E-state index contributed by atoms with van der Waals surface area (Å²) in [5.74, 6) is 0. The van der Waals surface area contributed by atoms with Crippen molar-refractivity contribution in [2.45, 2.75) is 59.5 Å². The van der Waals surface area contributed by atoms with Crippen molar-refractivity contribution >= 4 is 0 Å². The molecule has 0 saturated carbocycles. The number of aliphatic hydroxyl groups excluding tert-OH is 1. The molecule has 2 nitrogen and oxygen atoms in total. The maximum atomic E-state index is 10.1. The summed E-state index contributed by atoms with van der Waals surface area (Å²) in [5, 5.41) is 18.6. The number of hydrogen-bond acceptors (Lipinski definition) is 2. The fourth-order valence-corrected chi connectivity index (χ4v) is 1.74. The minimum absolute atomic E-state index is 0.343. The third-order valence-electron chi connectivity index (χ3n) is 3.06. The Balaban J connectivity index is 4.83. The van der Waals surface area contributed by atoms with Crippen LogP contribution in [0.1, 0.15) is 53.4 Å². The van der Waals surface area contributed by atoms with Crippen molar-refractivity contribution in [2.75, 3.05) is 0 Å². The summed E-state index contributed by atoms with van der Waals surface area (Å²) in [6, 6.07) is 2.01. The Bertz CT molecular complexity index is 369. The number of hydrogen-bond donors (Lipinski definition) is 1. The largest absolute Gasteiger partial charge is 0.389 e. The molecule has 0 spiro atoms. The van der Waals surface area contributed by atoms with Gasteiger partial charge in [-0.05, 0) is 43.4 Å². The van der Waals surface area contributed by atoms with Gasteiger partial charge in [0.15, 0.2) is 0 Å². The Morgan fingerprint density at radius 1 is 1.28 bits per heavy atom. The van der Waals surface area contributed by atoms with Gasteiger partial charge in [-0.25, -0.2) is 0 Å². The Hall–Kier alpha value is -1.33. The summed E-state index contributed by atoms with van der Waals surface area (Å²) in [6.07, 6.45) is 8.99. The van der Waals surface area contributed by atoms with Gasteiger partial charge in [-0.15, -0.1) is 0 Å². The van der Waals surface area contributed by atoms with Crippen LogP contribution in [0.25, 0.3) is 0 Å². The quantitative estimate of drug-likeness (QED) is 0.538. The molecule has 0 aliphatic carbocycles. The standard InChI is InChI=1S/C16H25NO/c1-5-7-8-16(18)14(4)15(6-2)10-9-13(3)11-12-17/h9-11,16,18H,5-8H2,1-4H3/b10-9+,13-11+,15-14+. The summed E-state index contributed by atoms with van der Waals surface area (Å²) in [5.41, 5.74) is 3.13. The summed E-state index contributed by atoms with van der Waals surface area (Å²) < 4.78 is 0. The molecule has 0 aromatic heterocycles. The average molecular weight is 247 g/mol. The molecule has 18 heavy (non-hydrogen) atoms. The molecule has 0 amide bonds. The molecule has 0 fully saturated rings. The Kier molecular flexibility index (Phi) is 8.96. The van der Waals surface area contributed by atoms with E-state index in [1.54, 1.807) is 0 Å². The Morgan fingerprint density at radius 2 is 1.94 bits per heavy atom. The average Bonchev–Trinajstić information content (AvgIpc) is 2.36. The van der Waals surface area contributed by atoms with Crippen LogP contribution in [0.4, 0.5) is 0 Å². The van der Waals surface area contributed by atoms with Crippen molar-refractivity contribution < 1.29 is 5.11 Å². The molecule has 0 aliphatic heterocycles. The topological polar surface area (TPSA) is 44.0 Å². The minimum Gasteiger partial charge on any atom is -0.389 e. The number of nitriles is 1. The monoisotopic (exact) mass is 247 g/mol. The highest BCUT2D eigenvalue weighted by Gasteiger charge is 2.08. The van der Waals surface area contributed by atoms with Gasteiger partial charge in [0.2, 0.25) is 0 Å². The lowest BCUT2D eigenvalue weighted by Crippen LogP contribution is -2.09. The first kappa shape index (κ1) is 16.7. The van der Waals surface area contributed by atoms with Gasteiger partial charge in [-0.2, -0.15) is 5.26 Å². The van der Waals surface area contributed by atoms with E-state index in [0.717, 1.165) is 42.4 Å². The molecule has 0 bridgehead atoms. The number of rotatable bonds is 7. The molecule has 2 heteroatoms. The van der Waals surface area contributed by atoms with Gasteiger partial charge in [0.25, 0.3) is 0 Å². The van der Waals surface area contributed by atoms with Crippen LogP contribution < -0.4 is 0 Å². The second kappa shape index (κ2) is 9.67. The zero-order chi connectivity index (χ0) is 14.0. The van der Waals surface area contributed by atoms with E-state index in [0.29, 0.717) is 0 Å². The lowest BCUT2D eigenvalue weighted by Gasteiger charge is -2.14. The van der Waals surface area contributed by atoms with Crippen molar-refractivity contribution in [3.8, 4) is 6.07 Å². The van der Waals surface area contributed by atoms with Gasteiger partial charge in [0.05, 0.1) is 12.2 Å². The first-order chi connectivity index (χ1) is 8.56. The highest BCUT2D eigenvalue weighted by Crippen LogP contribution is 2.18. The maximum Gasteiger partial charge on any atom is 0.0914 e. The van der Waals surface area contributed by atoms with Gasteiger partial charge < -0.3 is 5.11 Å². The van der Waals surface area contributed by atoms with Gasteiger partial charge in [0, 0.05) is 6.08 Å². The van der Waals surface area contributed by atoms with Crippen LogP contribution in [0.2, 0.25) is 0 Å². The maximum absolute atomic E-state index is 10.1. The van der Waals surface area contributed by atoms with Crippen LogP contribution >= 0.6 is 0 Å². The molecule has 1 atom stereocenters. The smallest absolute Gasteiger partial charge is 0.0914 e. The van der Waals surface area contributed by atoms with E-state index in [2.05, 4.69) is 13.8 Å². The molecule has 0 aromatic carbocycles. The second-order valence-corrected chi connectivity index (χ2v) is 4.57. The predicted molar refractivity (Wildman–Crippen MR) is 77.0 cm³/mol. The third-order valence-corrected chi connectivity index (χ3v) is 3.06. The van der Waals surface area contributed by atoms with Crippen LogP contribution in [0, 0.1) is 11.3 Å². The van der Waals surface area contributed by atoms with Gasteiger partial charge >= 0.3 is 0 Å².